The third kappa shape index (κ3) is 1.88. The first-order valence-electron chi connectivity index (χ1n) is 5.41. The van der Waals surface area contributed by atoms with Crippen molar-refractivity contribution in [2.24, 2.45) is 7.05 Å². The van der Waals surface area contributed by atoms with E-state index in [-0.39, 0.29) is 12.0 Å². The zero-order chi connectivity index (χ0) is 13.4. The molecule has 0 bridgehead atoms. The number of aromatic nitrogens is 1. The minimum Gasteiger partial charge on any atom is -0.481 e. The molecule has 1 aromatic heterocycles. The molecular formula is C13H12FNO3. The first-order valence-corrected chi connectivity index (χ1v) is 5.41. The van der Waals surface area contributed by atoms with Gasteiger partial charge in [-0.2, -0.15) is 0 Å². The van der Waals surface area contributed by atoms with Gasteiger partial charge in [0.25, 0.3) is 5.56 Å². The van der Waals surface area contributed by atoms with Gasteiger partial charge in [0.1, 0.15) is 5.82 Å². The third-order valence-electron chi connectivity index (χ3n) is 3.05. The molecule has 2 rings (SSSR count). The number of benzene rings is 1. The van der Waals surface area contributed by atoms with Gasteiger partial charge in [-0.15, -0.1) is 0 Å². The zero-order valence-electron chi connectivity index (χ0n) is 10.0. The Bertz CT molecular complexity index is 703. The van der Waals surface area contributed by atoms with Crippen molar-refractivity contribution >= 4 is 16.9 Å². The fraction of sp³-hybridized carbons (Fsp3) is 0.231. The first kappa shape index (κ1) is 12.3. The molecule has 0 aliphatic rings. The Morgan fingerprint density at radius 1 is 1.44 bits per heavy atom. The van der Waals surface area contributed by atoms with Crippen molar-refractivity contribution < 1.29 is 14.3 Å². The van der Waals surface area contributed by atoms with Gasteiger partial charge in [-0.05, 0) is 30.7 Å². The number of aliphatic carboxylic acids is 1. The summed E-state index contributed by atoms with van der Waals surface area (Å²) in [6.07, 6.45) is -0.290. The van der Waals surface area contributed by atoms with Crippen LogP contribution >= 0.6 is 0 Å². The summed E-state index contributed by atoms with van der Waals surface area (Å²) in [5.74, 6) is -1.50. The van der Waals surface area contributed by atoms with Gasteiger partial charge < -0.3 is 9.67 Å². The summed E-state index contributed by atoms with van der Waals surface area (Å²) < 4.78 is 14.7. The van der Waals surface area contributed by atoms with E-state index in [1.165, 1.54) is 22.8 Å². The predicted octanol–water partition coefficient (Wildman–Crippen LogP) is 1.61. The fourth-order valence-electron chi connectivity index (χ4n) is 2.11. The second-order valence-corrected chi connectivity index (χ2v) is 4.20. The van der Waals surface area contributed by atoms with Crippen LogP contribution in [-0.4, -0.2) is 15.6 Å². The predicted molar refractivity (Wildman–Crippen MR) is 65.2 cm³/mol. The highest BCUT2D eigenvalue weighted by Gasteiger charge is 2.14. The maximum atomic E-state index is 13.3. The van der Waals surface area contributed by atoms with Gasteiger partial charge in [-0.25, -0.2) is 4.39 Å². The van der Waals surface area contributed by atoms with Crippen molar-refractivity contribution in [1.29, 1.82) is 0 Å². The molecule has 0 amide bonds. The average molecular weight is 249 g/mol. The molecule has 0 saturated carbocycles. The summed E-state index contributed by atoms with van der Waals surface area (Å²) in [5.41, 5.74) is 0.992. The molecule has 0 spiro atoms. The van der Waals surface area contributed by atoms with Crippen LogP contribution in [-0.2, 0) is 18.3 Å². The molecule has 1 N–H and O–H groups in total. The van der Waals surface area contributed by atoms with Gasteiger partial charge in [0.15, 0.2) is 0 Å². The maximum Gasteiger partial charge on any atom is 0.307 e. The number of carboxylic acid groups (broad SMARTS) is 1. The molecule has 0 unspecified atom stereocenters. The number of fused-ring (bicyclic) bond motifs is 1. The molecule has 1 heterocycles. The van der Waals surface area contributed by atoms with E-state index in [2.05, 4.69) is 0 Å². The van der Waals surface area contributed by atoms with Crippen LogP contribution < -0.4 is 5.56 Å². The number of hydrogen-bond acceptors (Lipinski definition) is 2. The maximum absolute atomic E-state index is 13.3. The lowest BCUT2D eigenvalue weighted by atomic mass is 10.0. The number of hydrogen-bond donors (Lipinski definition) is 1. The third-order valence-corrected chi connectivity index (χ3v) is 3.05. The molecule has 94 valence electrons. The minimum atomic E-state index is -1.04. The van der Waals surface area contributed by atoms with Crippen LogP contribution in [0.25, 0.3) is 10.9 Å². The number of aryl methyl sites for hydroxylation is 1. The van der Waals surface area contributed by atoms with E-state index < -0.39 is 11.8 Å². The largest absolute Gasteiger partial charge is 0.481 e. The molecule has 4 nitrogen and oxygen atoms in total. The van der Waals surface area contributed by atoms with E-state index in [0.717, 1.165) is 0 Å². The molecule has 2 aromatic rings. The van der Waals surface area contributed by atoms with Crippen LogP contribution in [0, 0.1) is 12.7 Å². The topological polar surface area (TPSA) is 59.3 Å². The molecule has 0 saturated heterocycles. The number of rotatable bonds is 2. The number of nitrogens with zero attached hydrogens (tertiary/aromatic N) is 1. The zero-order valence-corrected chi connectivity index (χ0v) is 10.0. The van der Waals surface area contributed by atoms with Crippen molar-refractivity contribution in [3.05, 3.63) is 45.5 Å². The summed E-state index contributed by atoms with van der Waals surface area (Å²) in [6.45, 7) is 1.56. The van der Waals surface area contributed by atoms with Crippen LogP contribution in [0.2, 0.25) is 0 Å². The lowest BCUT2D eigenvalue weighted by molar-refractivity contribution is -0.136. The minimum absolute atomic E-state index is 0.259. The monoisotopic (exact) mass is 249 g/mol. The highest BCUT2D eigenvalue weighted by molar-refractivity contribution is 5.87. The Labute approximate surface area is 102 Å². The molecule has 18 heavy (non-hydrogen) atoms. The number of carboxylic acids is 1. The van der Waals surface area contributed by atoms with Crippen molar-refractivity contribution in [1.82, 2.24) is 4.57 Å². The highest BCUT2D eigenvalue weighted by atomic mass is 19.1. The van der Waals surface area contributed by atoms with Crippen LogP contribution in [0.3, 0.4) is 0 Å². The summed E-state index contributed by atoms with van der Waals surface area (Å²) >= 11 is 0. The van der Waals surface area contributed by atoms with E-state index in [1.807, 2.05) is 0 Å². The molecule has 0 aliphatic heterocycles. The molecule has 0 fully saturated rings. The Balaban J connectivity index is 2.93. The highest BCUT2D eigenvalue weighted by Crippen LogP contribution is 2.21. The van der Waals surface area contributed by atoms with Crippen molar-refractivity contribution in [3.8, 4) is 0 Å². The Morgan fingerprint density at radius 3 is 2.72 bits per heavy atom. The SMILES string of the molecule is Cc1c(CC(=O)O)c2cc(F)ccc2n(C)c1=O. The van der Waals surface area contributed by atoms with Gasteiger partial charge in [0.05, 0.1) is 11.9 Å². The van der Waals surface area contributed by atoms with E-state index in [1.54, 1.807) is 14.0 Å². The van der Waals surface area contributed by atoms with Gasteiger partial charge >= 0.3 is 5.97 Å². The van der Waals surface area contributed by atoms with Gasteiger partial charge in [-0.1, -0.05) is 0 Å². The van der Waals surface area contributed by atoms with Gasteiger partial charge in [-0.3, -0.25) is 9.59 Å². The second kappa shape index (κ2) is 4.25. The van der Waals surface area contributed by atoms with Crippen molar-refractivity contribution in [2.45, 2.75) is 13.3 Å². The van der Waals surface area contributed by atoms with Crippen LogP contribution in [0.15, 0.2) is 23.0 Å². The number of halogens is 1. The van der Waals surface area contributed by atoms with Crippen molar-refractivity contribution in [2.75, 3.05) is 0 Å². The van der Waals surface area contributed by atoms with Crippen LogP contribution in [0.1, 0.15) is 11.1 Å². The quantitative estimate of drug-likeness (QED) is 0.879. The summed E-state index contributed by atoms with van der Waals surface area (Å²) in [7, 11) is 1.58. The van der Waals surface area contributed by atoms with E-state index >= 15 is 0 Å². The van der Waals surface area contributed by atoms with E-state index in [9.17, 15) is 14.0 Å². The molecule has 0 aliphatic carbocycles. The summed E-state index contributed by atoms with van der Waals surface area (Å²) in [6, 6.07) is 4.00. The smallest absolute Gasteiger partial charge is 0.307 e. The molecule has 0 atom stereocenters. The lowest BCUT2D eigenvalue weighted by Crippen LogP contribution is -2.22. The average Bonchev–Trinajstić information content (AvgIpc) is 2.31. The van der Waals surface area contributed by atoms with Crippen LogP contribution in [0.4, 0.5) is 4.39 Å². The van der Waals surface area contributed by atoms with E-state index in [0.29, 0.717) is 22.0 Å². The summed E-state index contributed by atoms with van der Waals surface area (Å²) in [5, 5.41) is 9.35. The fourth-order valence-corrected chi connectivity index (χ4v) is 2.11. The Morgan fingerprint density at radius 2 is 2.11 bits per heavy atom. The Hall–Kier alpha value is -2.17. The standard InChI is InChI=1S/C13H12FNO3/c1-7-9(6-12(16)17)10-5-8(14)3-4-11(10)15(2)13(7)18/h3-5H,6H2,1-2H3,(H,16,17). The number of pyridine rings is 1. The molecular weight excluding hydrogens is 237 g/mol. The normalized spacial score (nSPS) is 10.8. The Kier molecular flexibility index (Phi) is 2.90. The van der Waals surface area contributed by atoms with Crippen LogP contribution in [0.5, 0.6) is 0 Å². The van der Waals surface area contributed by atoms with Gasteiger partial charge in [0.2, 0.25) is 0 Å². The first-order chi connectivity index (χ1) is 8.41. The van der Waals surface area contributed by atoms with Gasteiger partial charge in [0, 0.05) is 18.0 Å². The van der Waals surface area contributed by atoms with Crippen molar-refractivity contribution in [3.63, 3.8) is 0 Å². The summed E-state index contributed by atoms with van der Waals surface area (Å²) in [4.78, 5) is 22.8. The molecule has 0 radical (unpaired) electrons. The second-order valence-electron chi connectivity index (χ2n) is 4.20. The number of carbonyl (C=O) groups is 1. The molecule has 5 heteroatoms. The van der Waals surface area contributed by atoms with E-state index in [4.69, 9.17) is 5.11 Å². The lowest BCUT2D eigenvalue weighted by Gasteiger charge is -2.12. The molecule has 1 aromatic carbocycles.